The number of para-hydroxylation sites is 1. The highest BCUT2D eigenvalue weighted by Crippen LogP contribution is 2.25. The van der Waals surface area contributed by atoms with Crippen molar-refractivity contribution in [3.05, 3.63) is 59.9 Å². The molecule has 0 amide bonds. The van der Waals surface area contributed by atoms with Crippen LogP contribution in [0.25, 0.3) is 10.9 Å². The predicted molar refractivity (Wildman–Crippen MR) is 108 cm³/mol. The van der Waals surface area contributed by atoms with Crippen molar-refractivity contribution in [1.82, 2.24) is 9.97 Å². The number of hydrogen-bond acceptors (Lipinski definition) is 4. The van der Waals surface area contributed by atoms with Crippen molar-refractivity contribution in [3.63, 3.8) is 0 Å². The van der Waals surface area contributed by atoms with Crippen LogP contribution >= 0.6 is 0 Å². The van der Waals surface area contributed by atoms with Gasteiger partial charge in [-0.1, -0.05) is 49.9 Å². The first-order valence-electron chi connectivity index (χ1n) is 9.79. The Morgan fingerprint density at radius 2 is 1.63 bits per heavy atom. The highest BCUT2D eigenvalue weighted by Gasteiger charge is 2.14. The Labute approximate surface area is 159 Å². The van der Waals surface area contributed by atoms with Crippen molar-refractivity contribution < 1.29 is 4.39 Å². The van der Waals surface area contributed by atoms with Gasteiger partial charge in [0.25, 0.3) is 0 Å². The molecule has 0 radical (unpaired) electrons. The number of benzene rings is 2. The maximum Gasteiger partial charge on any atom is 0.225 e. The molecule has 0 spiro atoms. The lowest BCUT2D eigenvalue weighted by molar-refractivity contribution is 0.615. The first-order valence-corrected chi connectivity index (χ1v) is 9.79. The SMILES string of the molecule is Fc1ccc(CNc2nc(NC3CCCCCC3)nc3ccccc23)cc1. The van der Waals surface area contributed by atoms with Gasteiger partial charge in [0.15, 0.2) is 0 Å². The molecule has 0 aliphatic heterocycles. The van der Waals surface area contributed by atoms with E-state index < -0.39 is 0 Å². The van der Waals surface area contributed by atoms with Crippen LogP contribution in [-0.2, 0) is 6.54 Å². The van der Waals surface area contributed by atoms with Crippen LogP contribution in [0, 0.1) is 5.82 Å². The first-order chi connectivity index (χ1) is 13.3. The summed E-state index contributed by atoms with van der Waals surface area (Å²) in [7, 11) is 0. The molecule has 2 aromatic carbocycles. The third-order valence-corrected chi connectivity index (χ3v) is 5.16. The molecule has 1 saturated carbocycles. The molecule has 0 saturated heterocycles. The molecule has 2 N–H and O–H groups in total. The molecule has 1 fully saturated rings. The highest BCUT2D eigenvalue weighted by atomic mass is 19.1. The number of aromatic nitrogens is 2. The minimum atomic E-state index is -0.221. The second-order valence-corrected chi connectivity index (χ2v) is 7.23. The molecule has 4 nitrogen and oxygen atoms in total. The van der Waals surface area contributed by atoms with Crippen LogP contribution in [0.15, 0.2) is 48.5 Å². The standard InChI is InChI=1S/C22H25FN4/c23-17-13-11-16(12-14-17)15-24-21-19-9-5-6-10-20(19)26-22(27-21)25-18-7-3-1-2-4-8-18/h5-6,9-14,18H,1-4,7-8,15H2,(H2,24,25,26,27). The zero-order chi connectivity index (χ0) is 18.5. The Hall–Kier alpha value is -2.69. The normalized spacial score (nSPS) is 15.4. The Bertz CT molecular complexity index is 886. The van der Waals surface area contributed by atoms with Gasteiger partial charge in [-0.25, -0.2) is 9.37 Å². The van der Waals surface area contributed by atoms with E-state index in [0.717, 1.165) is 22.3 Å². The monoisotopic (exact) mass is 364 g/mol. The summed E-state index contributed by atoms with van der Waals surface area (Å²) in [6, 6.07) is 15.0. The molecule has 1 aliphatic carbocycles. The number of halogens is 1. The third kappa shape index (κ3) is 4.54. The van der Waals surface area contributed by atoms with Gasteiger partial charge in [0.2, 0.25) is 5.95 Å². The van der Waals surface area contributed by atoms with Gasteiger partial charge in [-0.2, -0.15) is 4.98 Å². The van der Waals surface area contributed by atoms with Crippen LogP contribution in [0.1, 0.15) is 44.1 Å². The molecule has 5 heteroatoms. The second kappa shape index (κ2) is 8.33. The van der Waals surface area contributed by atoms with E-state index in [1.54, 1.807) is 12.1 Å². The van der Waals surface area contributed by atoms with Gasteiger partial charge >= 0.3 is 0 Å². The quantitative estimate of drug-likeness (QED) is 0.586. The molecular weight excluding hydrogens is 339 g/mol. The van der Waals surface area contributed by atoms with E-state index in [0.29, 0.717) is 18.5 Å². The molecule has 27 heavy (non-hydrogen) atoms. The van der Waals surface area contributed by atoms with Crippen molar-refractivity contribution in [2.45, 2.75) is 51.1 Å². The average molecular weight is 364 g/mol. The van der Waals surface area contributed by atoms with Crippen molar-refractivity contribution in [2.24, 2.45) is 0 Å². The summed E-state index contributed by atoms with van der Waals surface area (Å²) >= 11 is 0. The maximum atomic E-state index is 13.1. The summed E-state index contributed by atoms with van der Waals surface area (Å²) < 4.78 is 13.1. The lowest BCUT2D eigenvalue weighted by Gasteiger charge is -2.18. The molecule has 4 rings (SSSR count). The van der Waals surface area contributed by atoms with Gasteiger partial charge in [-0.05, 0) is 42.7 Å². The molecule has 1 aromatic heterocycles. The summed E-state index contributed by atoms with van der Waals surface area (Å²) in [5, 5.41) is 7.94. The van der Waals surface area contributed by atoms with Gasteiger partial charge in [0.1, 0.15) is 11.6 Å². The fourth-order valence-electron chi connectivity index (χ4n) is 3.67. The van der Waals surface area contributed by atoms with Crippen LogP contribution in [-0.4, -0.2) is 16.0 Å². The number of nitrogens with zero attached hydrogens (tertiary/aromatic N) is 2. The van der Waals surface area contributed by atoms with Gasteiger partial charge in [0, 0.05) is 18.0 Å². The van der Waals surface area contributed by atoms with Gasteiger partial charge in [-0.3, -0.25) is 0 Å². The topological polar surface area (TPSA) is 49.8 Å². The lowest BCUT2D eigenvalue weighted by Crippen LogP contribution is -2.20. The van der Waals surface area contributed by atoms with Crippen molar-refractivity contribution in [3.8, 4) is 0 Å². The molecule has 0 atom stereocenters. The molecular formula is C22H25FN4. The van der Waals surface area contributed by atoms with E-state index >= 15 is 0 Å². The van der Waals surface area contributed by atoms with E-state index in [9.17, 15) is 4.39 Å². The van der Waals surface area contributed by atoms with Gasteiger partial charge in [0.05, 0.1) is 5.52 Å². The lowest BCUT2D eigenvalue weighted by atomic mass is 10.1. The molecule has 0 unspecified atom stereocenters. The van der Waals surface area contributed by atoms with Crippen molar-refractivity contribution in [2.75, 3.05) is 10.6 Å². The smallest absolute Gasteiger partial charge is 0.225 e. The van der Waals surface area contributed by atoms with E-state index in [2.05, 4.69) is 10.6 Å². The zero-order valence-corrected chi connectivity index (χ0v) is 15.4. The van der Waals surface area contributed by atoms with Crippen molar-refractivity contribution >= 4 is 22.7 Å². The number of fused-ring (bicyclic) bond motifs is 1. The van der Waals surface area contributed by atoms with Crippen LogP contribution in [0.4, 0.5) is 16.2 Å². The minimum Gasteiger partial charge on any atom is -0.365 e. The summed E-state index contributed by atoms with van der Waals surface area (Å²) in [5.41, 5.74) is 1.93. The predicted octanol–water partition coefficient (Wildman–Crippen LogP) is 5.52. The Morgan fingerprint density at radius 3 is 2.41 bits per heavy atom. The van der Waals surface area contributed by atoms with Crippen LogP contribution < -0.4 is 10.6 Å². The van der Waals surface area contributed by atoms with Crippen LogP contribution in [0.5, 0.6) is 0 Å². The van der Waals surface area contributed by atoms with E-state index in [1.165, 1.54) is 50.7 Å². The first kappa shape index (κ1) is 17.7. The number of anilines is 2. The summed E-state index contributed by atoms with van der Waals surface area (Å²) in [4.78, 5) is 9.47. The fraction of sp³-hybridized carbons (Fsp3) is 0.364. The van der Waals surface area contributed by atoms with E-state index in [-0.39, 0.29) is 5.82 Å². The van der Waals surface area contributed by atoms with E-state index in [4.69, 9.17) is 9.97 Å². The Balaban J connectivity index is 1.56. The molecule has 3 aromatic rings. The minimum absolute atomic E-state index is 0.221. The van der Waals surface area contributed by atoms with E-state index in [1.807, 2.05) is 24.3 Å². The molecule has 140 valence electrons. The summed E-state index contributed by atoms with van der Waals surface area (Å²) in [6.07, 6.45) is 7.52. The van der Waals surface area contributed by atoms with Crippen molar-refractivity contribution in [1.29, 1.82) is 0 Å². The third-order valence-electron chi connectivity index (χ3n) is 5.16. The molecule has 0 bridgehead atoms. The number of rotatable bonds is 5. The number of nitrogens with one attached hydrogen (secondary N) is 2. The highest BCUT2D eigenvalue weighted by molar-refractivity contribution is 5.90. The summed E-state index contributed by atoms with van der Waals surface area (Å²) in [6.45, 7) is 0.587. The Kier molecular flexibility index (Phi) is 5.47. The zero-order valence-electron chi connectivity index (χ0n) is 15.4. The van der Waals surface area contributed by atoms with Crippen LogP contribution in [0.2, 0.25) is 0 Å². The molecule has 1 heterocycles. The Morgan fingerprint density at radius 1 is 0.889 bits per heavy atom. The average Bonchev–Trinajstić information content (AvgIpc) is 2.96. The van der Waals surface area contributed by atoms with Crippen LogP contribution in [0.3, 0.4) is 0 Å². The molecule has 1 aliphatic rings. The fourth-order valence-corrected chi connectivity index (χ4v) is 3.67. The number of hydrogen-bond donors (Lipinski definition) is 2. The van der Waals surface area contributed by atoms with Gasteiger partial charge in [-0.15, -0.1) is 0 Å². The second-order valence-electron chi connectivity index (χ2n) is 7.23. The summed E-state index contributed by atoms with van der Waals surface area (Å²) in [5.74, 6) is 1.27. The maximum absolute atomic E-state index is 13.1. The largest absolute Gasteiger partial charge is 0.365 e. The van der Waals surface area contributed by atoms with Gasteiger partial charge < -0.3 is 10.6 Å².